The number of hydrogen-bond donors (Lipinski definition) is 0. The van der Waals surface area contributed by atoms with Gasteiger partial charge in [0.1, 0.15) is 12.4 Å². The molecule has 1 saturated heterocycles. The Morgan fingerprint density at radius 2 is 2.17 bits per heavy atom. The third-order valence-corrected chi connectivity index (χ3v) is 5.60. The average molecular weight is 472 g/mol. The zero-order valence-electron chi connectivity index (χ0n) is 16.6. The van der Waals surface area contributed by atoms with Gasteiger partial charge in [-0.1, -0.05) is 6.07 Å². The molecule has 0 radical (unpaired) electrons. The summed E-state index contributed by atoms with van der Waals surface area (Å²) in [4.78, 5) is 16.2. The molecule has 0 saturated carbocycles. The summed E-state index contributed by atoms with van der Waals surface area (Å²) in [6.45, 7) is 1.12. The van der Waals surface area contributed by atoms with Crippen molar-refractivity contribution in [2.75, 3.05) is 13.7 Å². The maximum absolute atomic E-state index is 11.7. The van der Waals surface area contributed by atoms with Gasteiger partial charge in [-0.05, 0) is 71.1 Å². The van der Waals surface area contributed by atoms with E-state index in [1.807, 2.05) is 35.0 Å². The number of aromatic nitrogens is 3. The number of methoxy groups -OCH3 is 1. The summed E-state index contributed by atoms with van der Waals surface area (Å²) in [6.07, 6.45) is 6.63. The van der Waals surface area contributed by atoms with Crippen LogP contribution in [-0.4, -0.2) is 34.5 Å². The summed E-state index contributed by atoms with van der Waals surface area (Å²) in [7, 11) is 1.36. The van der Waals surface area contributed by atoms with E-state index in [2.05, 4.69) is 26.0 Å². The lowest BCUT2D eigenvalue weighted by Gasteiger charge is -2.24. The number of nitrogens with zero attached hydrogens (tertiary/aromatic N) is 3. The van der Waals surface area contributed by atoms with Crippen LogP contribution in [0.25, 0.3) is 11.4 Å². The lowest BCUT2D eigenvalue weighted by Crippen LogP contribution is -2.20. The second-order valence-electron chi connectivity index (χ2n) is 6.96. The molecule has 0 N–H and O–H groups in total. The molecule has 3 aromatic rings. The molecule has 1 atom stereocenters. The van der Waals surface area contributed by atoms with E-state index in [1.54, 1.807) is 18.5 Å². The minimum atomic E-state index is -0.382. The van der Waals surface area contributed by atoms with E-state index >= 15 is 0 Å². The molecule has 1 aliphatic rings. The number of benzene rings is 1. The largest absolute Gasteiger partial charge is 0.487 e. The third-order valence-electron chi connectivity index (χ3n) is 4.94. The van der Waals surface area contributed by atoms with Crippen LogP contribution in [0, 0.1) is 0 Å². The predicted octanol–water partition coefficient (Wildman–Crippen LogP) is 4.77. The Morgan fingerprint density at radius 3 is 2.87 bits per heavy atom. The Labute approximate surface area is 183 Å². The molecule has 0 bridgehead atoms. The van der Waals surface area contributed by atoms with Crippen LogP contribution in [0.5, 0.6) is 5.75 Å². The van der Waals surface area contributed by atoms with E-state index in [0.29, 0.717) is 22.4 Å². The van der Waals surface area contributed by atoms with E-state index in [4.69, 9.17) is 14.2 Å². The summed E-state index contributed by atoms with van der Waals surface area (Å²) in [6, 6.07) is 11.1. The van der Waals surface area contributed by atoms with Crippen LogP contribution in [0.3, 0.4) is 0 Å². The lowest BCUT2D eigenvalue weighted by atomic mass is 10.1. The van der Waals surface area contributed by atoms with E-state index in [9.17, 15) is 4.79 Å². The number of carbonyl (C=O) groups excluding carboxylic acids is 1. The summed E-state index contributed by atoms with van der Waals surface area (Å²) in [5, 5.41) is 4.43. The van der Waals surface area contributed by atoms with Gasteiger partial charge < -0.3 is 14.2 Å². The first-order valence-corrected chi connectivity index (χ1v) is 10.6. The normalized spacial score (nSPS) is 16.3. The van der Waals surface area contributed by atoms with Crippen molar-refractivity contribution in [1.29, 1.82) is 0 Å². The molecular formula is C22H22BrN3O4. The van der Waals surface area contributed by atoms with Crippen molar-refractivity contribution in [3.63, 3.8) is 0 Å². The molecule has 2 aromatic heterocycles. The maximum Gasteiger partial charge on any atom is 0.339 e. The average Bonchev–Trinajstić information content (AvgIpc) is 3.28. The first kappa shape index (κ1) is 20.6. The molecule has 0 spiro atoms. The second-order valence-corrected chi connectivity index (χ2v) is 7.81. The summed E-state index contributed by atoms with van der Waals surface area (Å²) < 4.78 is 19.0. The van der Waals surface area contributed by atoms with Crippen molar-refractivity contribution in [2.45, 2.75) is 32.1 Å². The van der Waals surface area contributed by atoms with Crippen molar-refractivity contribution in [3.05, 3.63) is 64.4 Å². The number of halogens is 1. The minimum Gasteiger partial charge on any atom is -0.487 e. The van der Waals surface area contributed by atoms with Gasteiger partial charge in [0.25, 0.3) is 0 Å². The molecule has 1 aliphatic heterocycles. The Balaban J connectivity index is 1.42. The highest BCUT2D eigenvalue weighted by Gasteiger charge is 2.20. The number of pyridine rings is 1. The van der Waals surface area contributed by atoms with Gasteiger partial charge in [0.2, 0.25) is 0 Å². The Bertz CT molecular complexity index is 1010. The van der Waals surface area contributed by atoms with Gasteiger partial charge in [-0.25, -0.2) is 9.48 Å². The summed E-state index contributed by atoms with van der Waals surface area (Å²) in [5.41, 5.74) is 3.15. The van der Waals surface area contributed by atoms with Crippen molar-refractivity contribution >= 4 is 21.9 Å². The third kappa shape index (κ3) is 4.55. The number of hydrogen-bond acceptors (Lipinski definition) is 6. The van der Waals surface area contributed by atoms with Gasteiger partial charge in [-0.3, -0.25) is 4.98 Å². The Morgan fingerprint density at radius 1 is 1.27 bits per heavy atom. The standard InChI is InChI=1S/C22H22BrN3O4/c1-28-22(27)17-7-5-15(12-18(17)23)14-30-16-6-8-19(24-13-16)20-9-10-25-26(20)21-4-2-3-11-29-21/h5-10,12-13,21H,2-4,11,14H2,1H3. The molecule has 1 unspecified atom stereocenters. The molecule has 30 heavy (non-hydrogen) atoms. The first-order chi connectivity index (χ1) is 14.7. The SMILES string of the molecule is COC(=O)c1ccc(COc2ccc(-c3ccnn3C3CCCCO3)nc2)cc1Br. The van der Waals surface area contributed by atoms with Crippen LogP contribution >= 0.6 is 15.9 Å². The molecular weight excluding hydrogens is 450 g/mol. The quantitative estimate of drug-likeness (QED) is 0.481. The molecule has 156 valence electrons. The van der Waals surface area contributed by atoms with E-state index in [1.165, 1.54) is 7.11 Å². The number of carbonyl (C=O) groups is 1. The molecule has 7 nitrogen and oxygen atoms in total. The maximum atomic E-state index is 11.7. The molecule has 4 rings (SSSR count). The zero-order valence-corrected chi connectivity index (χ0v) is 18.2. The van der Waals surface area contributed by atoms with Crippen LogP contribution < -0.4 is 4.74 Å². The monoisotopic (exact) mass is 471 g/mol. The van der Waals surface area contributed by atoms with Gasteiger partial charge in [0.15, 0.2) is 6.23 Å². The van der Waals surface area contributed by atoms with Gasteiger partial charge in [-0.2, -0.15) is 5.10 Å². The van der Waals surface area contributed by atoms with Crippen molar-refractivity contribution in [1.82, 2.24) is 14.8 Å². The van der Waals surface area contributed by atoms with Crippen molar-refractivity contribution < 1.29 is 19.0 Å². The molecule has 1 aromatic carbocycles. The van der Waals surface area contributed by atoms with Crippen LogP contribution in [0.15, 0.2) is 53.3 Å². The van der Waals surface area contributed by atoms with Crippen LogP contribution in [0.1, 0.15) is 41.4 Å². The fraction of sp³-hybridized carbons (Fsp3) is 0.318. The molecule has 1 fully saturated rings. The molecule has 0 amide bonds. The van der Waals surface area contributed by atoms with Crippen LogP contribution in [0.4, 0.5) is 0 Å². The van der Waals surface area contributed by atoms with E-state index < -0.39 is 0 Å². The predicted molar refractivity (Wildman–Crippen MR) is 114 cm³/mol. The highest BCUT2D eigenvalue weighted by atomic mass is 79.9. The first-order valence-electron chi connectivity index (χ1n) is 9.77. The highest BCUT2D eigenvalue weighted by Crippen LogP contribution is 2.28. The van der Waals surface area contributed by atoms with Crippen LogP contribution in [-0.2, 0) is 16.1 Å². The number of esters is 1. The number of rotatable bonds is 6. The second kappa shape index (κ2) is 9.40. The summed E-state index contributed by atoms with van der Waals surface area (Å²) in [5.74, 6) is 0.277. The lowest BCUT2D eigenvalue weighted by molar-refractivity contribution is -0.0384. The van der Waals surface area contributed by atoms with Gasteiger partial charge in [-0.15, -0.1) is 0 Å². The minimum absolute atomic E-state index is 0.0344. The van der Waals surface area contributed by atoms with Gasteiger partial charge >= 0.3 is 5.97 Å². The smallest absolute Gasteiger partial charge is 0.339 e. The molecule has 0 aliphatic carbocycles. The fourth-order valence-corrected chi connectivity index (χ4v) is 3.96. The number of ether oxygens (including phenoxy) is 3. The zero-order chi connectivity index (χ0) is 20.9. The van der Waals surface area contributed by atoms with Crippen molar-refractivity contribution in [3.8, 4) is 17.1 Å². The van der Waals surface area contributed by atoms with Crippen LogP contribution in [0.2, 0.25) is 0 Å². The summed E-state index contributed by atoms with van der Waals surface area (Å²) >= 11 is 3.40. The Hall–Kier alpha value is -2.71. The van der Waals surface area contributed by atoms with Gasteiger partial charge in [0.05, 0.1) is 30.3 Å². The fourth-order valence-electron chi connectivity index (χ4n) is 3.37. The highest BCUT2D eigenvalue weighted by molar-refractivity contribution is 9.10. The topological polar surface area (TPSA) is 75.5 Å². The van der Waals surface area contributed by atoms with E-state index in [0.717, 1.165) is 42.8 Å². The molecule has 3 heterocycles. The van der Waals surface area contributed by atoms with E-state index in [-0.39, 0.29) is 12.2 Å². The Kier molecular flexibility index (Phi) is 6.44. The van der Waals surface area contributed by atoms with Gasteiger partial charge in [0, 0.05) is 17.3 Å². The van der Waals surface area contributed by atoms with Crippen molar-refractivity contribution in [2.24, 2.45) is 0 Å². The molecule has 8 heteroatoms.